The summed E-state index contributed by atoms with van der Waals surface area (Å²) in [6, 6.07) is 6.05. The van der Waals surface area contributed by atoms with E-state index in [0.29, 0.717) is 18.6 Å². The number of nitrogen functional groups attached to an aromatic ring is 1. The maximum absolute atomic E-state index is 11.1. The number of nitrogens with two attached hydrogens (primary N) is 1. The molecule has 0 aliphatic carbocycles. The number of Topliss-reactive ketones (excluding diaryl/α,β-unsaturated/α-hetero) is 1. The molecule has 3 nitrogen and oxygen atoms in total. The van der Waals surface area contributed by atoms with Gasteiger partial charge < -0.3 is 10.6 Å². The summed E-state index contributed by atoms with van der Waals surface area (Å²) in [7, 11) is 0. The van der Waals surface area contributed by atoms with Crippen LogP contribution in [-0.2, 0) is 4.79 Å². The monoisotopic (exact) mass is 204 g/mol. The van der Waals surface area contributed by atoms with Crippen LogP contribution in [0.25, 0.3) is 0 Å². The number of hydrogen-bond acceptors (Lipinski definition) is 3. The van der Waals surface area contributed by atoms with E-state index in [0.717, 1.165) is 24.3 Å². The van der Waals surface area contributed by atoms with E-state index in [4.69, 9.17) is 5.73 Å². The van der Waals surface area contributed by atoms with Crippen molar-refractivity contribution >= 4 is 17.2 Å². The first-order valence-corrected chi connectivity index (χ1v) is 5.29. The topological polar surface area (TPSA) is 46.3 Å². The van der Waals surface area contributed by atoms with Gasteiger partial charge in [0.2, 0.25) is 0 Å². The van der Waals surface area contributed by atoms with E-state index in [1.54, 1.807) is 0 Å². The predicted octanol–water partition coefficient (Wildman–Crippen LogP) is 1.75. The molecule has 0 spiro atoms. The molecule has 1 heterocycles. The normalized spacial score (nSPS) is 16.9. The maximum atomic E-state index is 11.1. The molecule has 1 saturated heterocycles. The smallest absolute Gasteiger partial charge is 0.136 e. The van der Waals surface area contributed by atoms with Crippen LogP contribution >= 0.6 is 0 Å². The lowest BCUT2D eigenvalue weighted by Crippen LogP contribution is -2.33. The van der Waals surface area contributed by atoms with Crippen LogP contribution in [0.5, 0.6) is 0 Å². The van der Waals surface area contributed by atoms with Gasteiger partial charge in [-0.3, -0.25) is 4.79 Å². The van der Waals surface area contributed by atoms with Gasteiger partial charge in [-0.05, 0) is 30.7 Å². The Morgan fingerprint density at radius 1 is 1.27 bits per heavy atom. The molecule has 1 aromatic carbocycles. The van der Waals surface area contributed by atoms with Crippen molar-refractivity contribution in [2.45, 2.75) is 19.8 Å². The number of anilines is 2. The van der Waals surface area contributed by atoms with Crippen LogP contribution in [0, 0.1) is 6.92 Å². The van der Waals surface area contributed by atoms with E-state index in [9.17, 15) is 4.79 Å². The van der Waals surface area contributed by atoms with Crippen molar-refractivity contribution in [1.82, 2.24) is 0 Å². The number of benzene rings is 1. The van der Waals surface area contributed by atoms with Gasteiger partial charge in [-0.25, -0.2) is 0 Å². The van der Waals surface area contributed by atoms with E-state index in [1.807, 2.05) is 19.1 Å². The minimum Gasteiger partial charge on any atom is -0.399 e. The average molecular weight is 204 g/mol. The molecule has 3 heteroatoms. The fraction of sp³-hybridized carbons (Fsp3) is 0.417. The molecule has 0 unspecified atom stereocenters. The molecule has 0 saturated carbocycles. The zero-order valence-electron chi connectivity index (χ0n) is 8.99. The van der Waals surface area contributed by atoms with Gasteiger partial charge in [-0.15, -0.1) is 0 Å². The molecule has 0 aromatic heterocycles. The first-order valence-electron chi connectivity index (χ1n) is 5.29. The fourth-order valence-corrected chi connectivity index (χ4v) is 1.87. The van der Waals surface area contributed by atoms with Crippen molar-refractivity contribution in [2.75, 3.05) is 23.7 Å². The number of hydrogen-bond donors (Lipinski definition) is 1. The van der Waals surface area contributed by atoms with Crippen LogP contribution in [0.4, 0.5) is 11.4 Å². The molecule has 0 amide bonds. The second kappa shape index (κ2) is 3.93. The van der Waals surface area contributed by atoms with Crippen molar-refractivity contribution in [1.29, 1.82) is 0 Å². The van der Waals surface area contributed by atoms with Crippen molar-refractivity contribution in [2.24, 2.45) is 0 Å². The zero-order chi connectivity index (χ0) is 10.8. The van der Waals surface area contributed by atoms with Crippen LogP contribution in [0.1, 0.15) is 18.4 Å². The third-order valence-electron chi connectivity index (χ3n) is 2.94. The lowest BCUT2D eigenvalue weighted by atomic mass is 10.1. The summed E-state index contributed by atoms with van der Waals surface area (Å²) in [5, 5.41) is 0. The zero-order valence-corrected chi connectivity index (χ0v) is 8.99. The largest absolute Gasteiger partial charge is 0.399 e. The van der Waals surface area contributed by atoms with Gasteiger partial charge in [0.05, 0.1) is 0 Å². The molecular formula is C12H16N2O. The Bertz CT molecular complexity index is 377. The quantitative estimate of drug-likeness (QED) is 0.709. The minimum atomic E-state index is 0.374. The van der Waals surface area contributed by atoms with E-state index in [2.05, 4.69) is 11.0 Å². The number of aryl methyl sites for hydroxylation is 1. The Morgan fingerprint density at radius 3 is 2.53 bits per heavy atom. The second-order valence-corrected chi connectivity index (χ2v) is 4.07. The van der Waals surface area contributed by atoms with Crippen molar-refractivity contribution in [3.05, 3.63) is 23.8 Å². The van der Waals surface area contributed by atoms with Gasteiger partial charge in [0, 0.05) is 37.3 Å². The van der Waals surface area contributed by atoms with Crippen molar-refractivity contribution < 1.29 is 4.79 Å². The van der Waals surface area contributed by atoms with Crippen LogP contribution in [0.15, 0.2) is 18.2 Å². The number of rotatable bonds is 1. The summed E-state index contributed by atoms with van der Waals surface area (Å²) < 4.78 is 0. The molecule has 1 aliphatic heterocycles. The molecule has 80 valence electrons. The summed E-state index contributed by atoms with van der Waals surface area (Å²) in [6.45, 7) is 3.68. The summed E-state index contributed by atoms with van der Waals surface area (Å²) in [5.41, 5.74) is 8.87. The van der Waals surface area contributed by atoms with Crippen LogP contribution in [-0.4, -0.2) is 18.9 Å². The Labute approximate surface area is 89.9 Å². The summed E-state index contributed by atoms with van der Waals surface area (Å²) in [4.78, 5) is 13.4. The fourth-order valence-electron chi connectivity index (χ4n) is 1.87. The molecular weight excluding hydrogens is 188 g/mol. The van der Waals surface area contributed by atoms with E-state index >= 15 is 0 Å². The lowest BCUT2D eigenvalue weighted by molar-refractivity contribution is -0.119. The van der Waals surface area contributed by atoms with E-state index in [-0.39, 0.29) is 0 Å². The molecule has 1 aromatic rings. The minimum absolute atomic E-state index is 0.374. The van der Waals surface area contributed by atoms with Crippen LogP contribution in [0.2, 0.25) is 0 Å². The highest BCUT2D eigenvalue weighted by Gasteiger charge is 2.16. The summed E-state index contributed by atoms with van der Waals surface area (Å²) in [6.07, 6.45) is 1.34. The molecule has 0 atom stereocenters. The van der Waals surface area contributed by atoms with Gasteiger partial charge in [-0.2, -0.15) is 0 Å². The Kier molecular flexibility index (Phi) is 2.62. The first-order chi connectivity index (χ1) is 7.16. The van der Waals surface area contributed by atoms with Crippen molar-refractivity contribution in [3.63, 3.8) is 0 Å². The van der Waals surface area contributed by atoms with Gasteiger partial charge in [0.15, 0.2) is 0 Å². The molecule has 15 heavy (non-hydrogen) atoms. The number of carbonyl (C=O) groups is 1. The molecule has 0 bridgehead atoms. The average Bonchev–Trinajstić information content (AvgIpc) is 2.23. The molecule has 1 fully saturated rings. The first kappa shape index (κ1) is 10.0. The second-order valence-electron chi connectivity index (χ2n) is 4.07. The SMILES string of the molecule is Cc1cc(N2CCC(=O)CC2)ccc1N. The standard InChI is InChI=1S/C12H16N2O/c1-9-8-10(2-3-12(9)13)14-6-4-11(15)5-7-14/h2-3,8H,4-7,13H2,1H3. The Hall–Kier alpha value is -1.51. The van der Waals surface area contributed by atoms with Crippen LogP contribution < -0.4 is 10.6 Å². The summed E-state index contributed by atoms with van der Waals surface area (Å²) >= 11 is 0. The maximum Gasteiger partial charge on any atom is 0.136 e. The number of ketones is 1. The van der Waals surface area contributed by atoms with Crippen molar-refractivity contribution in [3.8, 4) is 0 Å². The van der Waals surface area contributed by atoms with Gasteiger partial charge >= 0.3 is 0 Å². The highest BCUT2D eigenvalue weighted by atomic mass is 16.1. The van der Waals surface area contributed by atoms with Gasteiger partial charge in [-0.1, -0.05) is 0 Å². The predicted molar refractivity (Wildman–Crippen MR) is 62.0 cm³/mol. The molecule has 2 rings (SSSR count). The number of carbonyl (C=O) groups excluding carboxylic acids is 1. The lowest BCUT2D eigenvalue weighted by Gasteiger charge is -2.28. The molecule has 2 N–H and O–H groups in total. The molecule has 0 radical (unpaired) electrons. The highest BCUT2D eigenvalue weighted by molar-refractivity contribution is 5.81. The third-order valence-corrected chi connectivity index (χ3v) is 2.94. The Balaban J connectivity index is 2.16. The third kappa shape index (κ3) is 2.12. The summed E-state index contributed by atoms with van der Waals surface area (Å²) in [5.74, 6) is 0.374. The van der Waals surface area contributed by atoms with Gasteiger partial charge in [0.25, 0.3) is 0 Å². The van der Waals surface area contributed by atoms with Crippen LogP contribution in [0.3, 0.4) is 0 Å². The number of piperidine rings is 1. The van der Waals surface area contributed by atoms with E-state index in [1.165, 1.54) is 5.69 Å². The highest BCUT2D eigenvalue weighted by Crippen LogP contribution is 2.22. The van der Waals surface area contributed by atoms with Gasteiger partial charge in [0.1, 0.15) is 5.78 Å². The molecule has 1 aliphatic rings. The van der Waals surface area contributed by atoms with E-state index < -0.39 is 0 Å². The Morgan fingerprint density at radius 2 is 1.93 bits per heavy atom. The number of nitrogens with zero attached hydrogens (tertiary/aromatic N) is 1.